The number of nitrogens with two attached hydrogens (primary N) is 2. The molecule has 2 unspecified atom stereocenters. The number of amides is 4. The monoisotopic (exact) mass is 867 g/mol. The highest BCUT2D eigenvalue weighted by atomic mass is 16.5. The van der Waals surface area contributed by atoms with E-state index in [0.717, 1.165) is 35.5 Å². The molecule has 16 nitrogen and oxygen atoms in total. The van der Waals surface area contributed by atoms with Crippen LogP contribution in [0.15, 0.2) is 83.4 Å². The number of carboxylic acid groups (broad SMARTS) is 1. The summed E-state index contributed by atoms with van der Waals surface area (Å²) in [6, 6.07) is 11.3. The Balaban J connectivity index is 1.71. The van der Waals surface area contributed by atoms with Crippen LogP contribution in [0.4, 0.5) is 0 Å². The van der Waals surface area contributed by atoms with Crippen molar-refractivity contribution in [3.05, 3.63) is 95.1 Å². The summed E-state index contributed by atoms with van der Waals surface area (Å²) < 4.78 is 11.8. The highest BCUT2D eigenvalue weighted by Crippen LogP contribution is 2.39. The second kappa shape index (κ2) is 23.1. The van der Waals surface area contributed by atoms with Crippen molar-refractivity contribution in [1.82, 2.24) is 20.9 Å². The van der Waals surface area contributed by atoms with E-state index < -0.39 is 53.8 Å². The maximum atomic E-state index is 14.6. The Kier molecular flexibility index (Phi) is 18.0. The third kappa shape index (κ3) is 13.0. The summed E-state index contributed by atoms with van der Waals surface area (Å²) in [6.45, 7) is 13.7. The summed E-state index contributed by atoms with van der Waals surface area (Å²) >= 11 is 0. The lowest BCUT2D eigenvalue weighted by atomic mass is 9.93. The fraction of sp³-hybridized carbons (Fsp3) is 0.404. The van der Waals surface area contributed by atoms with Crippen molar-refractivity contribution in [2.45, 2.75) is 90.9 Å². The first kappa shape index (κ1) is 49.1. The highest BCUT2D eigenvalue weighted by Gasteiger charge is 2.36. The number of carbonyl (C=O) groups excluding carboxylic acids is 4. The molecule has 4 amide bonds. The van der Waals surface area contributed by atoms with Crippen LogP contribution in [-0.4, -0.2) is 102 Å². The van der Waals surface area contributed by atoms with Gasteiger partial charge in [-0.25, -0.2) is 4.79 Å². The van der Waals surface area contributed by atoms with E-state index in [-0.39, 0.29) is 55.0 Å². The number of phenolic OH excluding ortho intramolecular Hbond substituents is 1. The van der Waals surface area contributed by atoms with Gasteiger partial charge in [0.05, 0.1) is 23.6 Å². The number of phenols is 1. The van der Waals surface area contributed by atoms with Crippen LogP contribution in [0.5, 0.6) is 17.2 Å². The number of ether oxygens (including phenoxy) is 2. The summed E-state index contributed by atoms with van der Waals surface area (Å²) in [5.41, 5.74) is 15.4. The number of rotatable bonds is 18. The maximum Gasteiger partial charge on any atom is 0.326 e. The molecule has 3 aromatic carbocycles. The number of nitrogens with one attached hydrogen (secondary N) is 3. The number of hydrogen-bond acceptors (Lipinski definition) is 11. The van der Waals surface area contributed by atoms with Crippen LogP contribution in [0.1, 0.15) is 83.0 Å². The largest absolute Gasteiger partial charge is 0.507 e. The molecule has 0 spiro atoms. The van der Waals surface area contributed by atoms with E-state index in [1.165, 1.54) is 26.1 Å². The van der Waals surface area contributed by atoms with Gasteiger partial charge in [0.15, 0.2) is 0 Å². The minimum Gasteiger partial charge on any atom is -0.507 e. The lowest BCUT2D eigenvalue weighted by Crippen LogP contribution is -2.55. The Morgan fingerprint density at radius 2 is 1.65 bits per heavy atom. The average Bonchev–Trinajstić information content (AvgIpc) is 3.24. The molecular formula is C47H61N7O9. The zero-order chi connectivity index (χ0) is 46.4. The zero-order valence-electron chi connectivity index (χ0n) is 37.0. The van der Waals surface area contributed by atoms with Gasteiger partial charge in [0.25, 0.3) is 5.91 Å². The van der Waals surface area contributed by atoms with E-state index >= 15 is 0 Å². The molecule has 63 heavy (non-hydrogen) atoms. The Morgan fingerprint density at radius 3 is 2.29 bits per heavy atom. The van der Waals surface area contributed by atoms with Crippen molar-refractivity contribution in [2.75, 3.05) is 33.4 Å². The van der Waals surface area contributed by atoms with Gasteiger partial charge in [-0.3, -0.25) is 24.2 Å². The number of fused-ring (bicyclic) bond motifs is 5. The SMILES string of the molecule is C=C(/N=C(/C)C(C(=O)N[C@@H](CCN)C(=O)N(C)C1C(=O)N[C@@H](C)C(=O)NC(C(=O)O)Cc2ccc(O)c(c2)-c2cc1ccc2OCCN)=C(C)C)c1ccc(OCCCCC)cc1. The maximum absolute atomic E-state index is 14.6. The first-order chi connectivity index (χ1) is 30.0. The lowest BCUT2D eigenvalue weighted by molar-refractivity contribution is -0.143. The summed E-state index contributed by atoms with van der Waals surface area (Å²) in [7, 11) is 1.38. The van der Waals surface area contributed by atoms with Crippen molar-refractivity contribution in [2.24, 2.45) is 16.5 Å². The predicted molar refractivity (Wildman–Crippen MR) is 242 cm³/mol. The quantitative estimate of drug-likeness (QED) is 0.0537. The molecule has 1 aliphatic rings. The van der Waals surface area contributed by atoms with Crippen LogP contribution < -0.4 is 36.9 Å². The molecule has 338 valence electrons. The zero-order valence-corrected chi connectivity index (χ0v) is 37.0. The fourth-order valence-electron chi connectivity index (χ4n) is 7.18. The van der Waals surface area contributed by atoms with Crippen LogP contribution in [-0.2, 0) is 30.4 Å². The van der Waals surface area contributed by atoms with Gasteiger partial charge in [-0.05, 0) is 112 Å². The number of benzene rings is 3. The van der Waals surface area contributed by atoms with Gasteiger partial charge in [0.2, 0.25) is 17.7 Å². The topological polar surface area (TPSA) is 248 Å². The number of carbonyl (C=O) groups is 5. The van der Waals surface area contributed by atoms with Gasteiger partial charge in [0, 0.05) is 31.1 Å². The third-order valence-corrected chi connectivity index (χ3v) is 10.5. The molecule has 4 atom stereocenters. The van der Waals surface area contributed by atoms with Crippen molar-refractivity contribution >= 4 is 41.0 Å². The molecule has 0 aromatic heterocycles. The number of likely N-dealkylation sites (N-methyl/N-ethyl adjacent to an activating group) is 1. The summed E-state index contributed by atoms with van der Waals surface area (Å²) in [5, 5.41) is 29.1. The van der Waals surface area contributed by atoms with E-state index in [0.29, 0.717) is 40.5 Å². The normalized spacial score (nSPS) is 17.0. The smallest absolute Gasteiger partial charge is 0.326 e. The molecule has 9 N–H and O–H groups in total. The lowest BCUT2D eigenvalue weighted by Gasteiger charge is -2.32. The Morgan fingerprint density at radius 1 is 0.937 bits per heavy atom. The molecule has 16 heteroatoms. The molecule has 0 fully saturated rings. The standard InChI is InChI=1S/C47H61N7O9/c1-8-9-10-22-62-34-15-12-32(13-16-34)28(4)50-29(5)41(27(2)3)44(57)52-37(19-20-48)46(59)54(7)42-33-14-18-40(63-23-21-49)36(26-33)35-24-31(11-17-39(35)55)25-38(47(60)61)53-43(56)30(6)51-45(42)58/h11-18,24,26,30,37-38,42,55H,4,8-10,19-23,25,48-49H2,1-3,5-7H3,(H,51,58)(H,52,57)(H,53,56)(H,60,61)/b50-29-/t30-,37-,38?,42?/m0/s1. The predicted octanol–water partition coefficient (Wildman–Crippen LogP) is 4.40. The minimum atomic E-state index is -1.43. The highest BCUT2D eigenvalue weighted by molar-refractivity contribution is 6.22. The van der Waals surface area contributed by atoms with Crippen molar-refractivity contribution in [3.63, 3.8) is 0 Å². The molecule has 1 heterocycles. The molecule has 4 bridgehead atoms. The van der Waals surface area contributed by atoms with Gasteiger partial charge in [-0.15, -0.1) is 0 Å². The Bertz CT molecular complexity index is 2220. The minimum absolute atomic E-state index is 0.0113. The fourth-order valence-corrected chi connectivity index (χ4v) is 7.18. The third-order valence-electron chi connectivity index (χ3n) is 10.5. The molecule has 4 rings (SSSR count). The number of allylic oxidation sites excluding steroid dienone is 1. The van der Waals surface area contributed by atoms with Crippen molar-refractivity contribution in [1.29, 1.82) is 0 Å². The van der Waals surface area contributed by atoms with Crippen molar-refractivity contribution < 1.29 is 43.7 Å². The molecule has 1 aliphatic heterocycles. The van der Waals surface area contributed by atoms with Crippen LogP contribution in [0.2, 0.25) is 0 Å². The van der Waals surface area contributed by atoms with E-state index in [4.69, 9.17) is 20.9 Å². The molecule has 0 saturated carbocycles. The summed E-state index contributed by atoms with van der Waals surface area (Å²) in [6.07, 6.45) is 2.99. The first-order valence-electron chi connectivity index (χ1n) is 21.1. The average molecular weight is 868 g/mol. The summed E-state index contributed by atoms with van der Waals surface area (Å²) in [4.78, 5) is 74.5. The van der Waals surface area contributed by atoms with Gasteiger partial charge < -0.3 is 52.0 Å². The number of aliphatic carboxylic acids is 1. The Hall–Kier alpha value is -6.52. The number of nitrogens with zero attached hydrogens (tertiary/aromatic N) is 2. The van der Waals surface area contributed by atoms with E-state index in [1.54, 1.807) is 45.0 Å². The molecule has 0 aliphatic carbocycles. The van der Waals surface area contributed by atoms with Crippen LogP contribution in [0, 0.1) is 0 Å². The van der Waals surface area contributed by atoms with Gasteiger partial charge in [-0.2, -0.15) is 0 Å². The second-order valence-electron chi connectivity index (χ2n) is 15.6. The summed E-state index contributed by atoms with van der Waals surface area (Å²) in [5.74, 6) is -3.34. The number of hydrogen-bond donors (Lipinski definition) is 7. The number of carboxylic acids is 1. The number of aliphatic imine (C=N–C) groups is 1. The van der Waals surface area contributed by atoms with Crippen LogP contribution in [0.25, 0.3) is 16.8 Å². The van der Waals surface area contributed by atoms with Crippen LogP contribution >= 0.6 is 0 Å². The van der Waals surface area contributed by atoms with Gasteiger partial charge in [0.1, 0.15) is 48.0 Å². The molecule has 3 aromatic rings. The number of aromatic hydroxyl groups is 1. The molecular weight excluding hydrogens is 807 g/mol. The molecule has 0 saturated heterocycles. The molecule has 0 radical (unpaired) electrons. The number of unbranched alkanes of at least 4 members (excludes halogenated alkanes) is 2. The first-order valence-corrected chi connectivity index (χ1v) is 21.1. The Labute approximate surface area is 368 Å². The van der Waals surface area contributed by atoms with Crippen LogP contribution in [0.3, 0.4) is 0 Å². The second-order valence-corrected chi connectivity index (χ2v) is 15.6. The van der Waals surface area contributed by atoms with E-state index in [1.807, 2.05) is 24.3 Å². The van der Waals surface area contributed by atoms with E-state index in [2.05, 4.69) is 34.4 Å². The van der Waals surface area contributed by atoms with Crippen molar-refractivity contribution in [3.8, 4) is 28.4 Å². The van der Waals surface area contributed by atoms with Gasteiger partial charge >= 0.3 is 5.97 Å². The van der Waals surface area contributed by atoms with Gasteiger partial charge in [-0.1, -0.05) is 44.1 Å². The van der Waals surface area contributed by atoms with E-state index in [9.17, 15) is 34.2 Å².